The SMILES string of the molecule is C=C1NC(=O)N(c2cc(Cl)c(Oc3cc(C4CC(O)C4)c(=O)[nH]n3)c(Cl)c2)N=C1N. The molecule has 30 heavy (non-hydrogen) atoms. The molecule has 1 aliphatic heterocycles. The standard InChI is InChI=1S/C18H16Cl2N6O4/c1-7-16(21)25-26(18(29)22-7)9-4-12(19)15(13(20)5-9)30-14-6-11(17(28)24-23-14)8-2-10(27)3-8/h4-6,8,10,27H,1-3H2,(H2,21,25)(H,22,29)(H,24,28). The normalized spacial score (nSPS) is 21.0. The van der Waals surface area contributed by atoms with Gasteiger partial charge in [0.1, 0.15) is 0 Å². The largest absolute Gasteiger partial charge is 0.434 e. The number of halogens is 2. The van der Waals surface area contributed by atoms with Crippen molar-refractivity contribution < 1.29 is 14.6 Å². The number of amides is 2. The van der Waals surface area contributed by atoms with Crippen LogP contribution in [0.5, 0.6) is 11.6 Å². The summed E-state index contributed by atoms with van der Waals surface area (Å²) in [5.41, 5.74) is 6.26. The highest BCUT2D eigenvalue weighted by Crippen LogP contribution is 2.41. The van der Waals surface area contributed by atoms with E-state index < -0.39 is 12.1 Å². The van der Waals surface area contributed by atoms with Gasteiger partial charge in [-0.15, -0.1) is 10.2 Å². The summed E-state index contributed by atoms with van der Waals surface area (Å²) in [6.07, 6.45) is 0.581. The lowest BCUT2D eigenvalue weighted by Gasteiger charge is -2.30. The van der Waals surface area contributed by atoms with E-state index in [2.05, 4.69) is 27.2 Å². The fourth-order valence-electron chi connectivity index (χ4n) is 3.10. The topological polar surface area (TPSA) is 146 Å². The molecule has 2 aromatic rings. The van der Waals surface area contributed by atoms with Crippen molar-refractivity contribution in [3.8, 4) is 11.6 Å². The van der Waals surface area contributed by atoms with Gasteiger partial charge in [0.25, 0.3) is 5.56 Å². The molecule has 0 spiro atoms. The first-order valence-electron chi connectivity index (χ1n) is 8.82. The molecule has 1 saturated carbocycles. The molecule has 1 aliphatic carbocycles. The monoisotopic (exact) mass is 450 g/mol. The lowest BCUT2D eigenvalue weighted by molar-refractivity contribution is 0.0740. The van der Waals surface area contributed by atoms with Gasteiger partial charge in [-0.05, 0) is 30.9 Å². The molecule has 0 radical (unpaired) electrons. The number of nitrogens with zero attached hydrogens (tertiary/aromatic N) is 3. The summed E-state index contributed by atoms with van der Waals surface area (Å²) in [7, 11) is 0. The van der Waals surface area contributed by atoms with Gasteiger partial charge >= 0.3 is 6.03 Å². The van der Waals surface area contributed by atoms with Crippen molar-refractivity contribution in [1.82, 2.24) is 15.5 Å². The van der Waals surface area contributed by atoms with E-state index in [4.69, 9.17) is 33.7 Å². The minimum absolute atomic E-state index is 0.0354. The first-order valence-corrected chi connectivity index (χ1v) is 9.57. The van der Waals surface area contributed by atoms with E-state index in [1.54, 1.807) is 0 Å². The number of amidine groups is 1. The molecule has 4 rings (SSSR count). The Bertz CT molecular complexity index is 1120. The van der Waals surface area contributed by atoms with Crippen LogP contribution in [0.1, 0.15) is 24.3 Å². The van der Waals surface area contributed by atoms with Crippen LogP contribution in [0.3, 0.4) is 0 Å². The van der Waals surface area contributed by atoms with Crippen LogP contribution < -0.4 is 26.4 Å². The molecule has 0 atom stereocenters. The van der Waals surface area contributed by atoms with Crippen molar-refractivity contribution in [3.05, 3.63) is 56.4 Å². The molecule has 2 heterocycles. The van der Waals surface area contributed by atoms with E-state index in [-0.39, 0.29) is 50.4 Å². The summed E-state index contributed by atoms with van der Waals surface area (Å²) < 4.78 is 5.69. The summed E-state index contributed by atoms with van der Waals surface area (Å²) in [5, 5.41) is 23.3. The Balaban J connectivity index is 1.62. The molecular weight excluding hydrogens is 435 g/mol. The number of aliphatic hydroxyl groups excluding tert-OH is 1. The van der Waals surface area contributed by atoms with Crippen LogP contribution in [0.15, 0.2) is 40.4 Å². The summed E-state index contributed by atoms with van der Waals surface area (Å²) in [4.78, 5) is 24.2. The number of rotatable bonds is 4. The molecule has 1 aromatic carbocycles. The van der Waals surface area contributed by atoms with E-state index in [0.717, 1.165) is 5.01 Å². The second-order valence-corrected chi connectivity index (χ2v) is 7.67. The number of hydrogen-bond donors (Lipinski definition) is 4. The van der Waals surface area contributed by atoms with Crippen molar-refractivity contribution in [2.75, 3.05) is 5.01 Å². The average molecular weight is 451 g/mol. The molecule has 0 bridgehead atoms. The van der Waals surface area contributed by atoms with Gasteiger partial charge in [0.15, 0.2) is 11.6 Å². The third-order valence-electron chi connectivity index (χ3n) is 4.76. The lowest BCUT2D eigenvalue weighted by Crippen LogP contribution is -2.45. The van der Waals surface area contributed by atoms with Gasteiger partial charge in [0.2, 0.25) is 5.88 Å². The molecule has 2 aliphatic rings. The summed E-state index contributed by atoms with van der Waals surface area (Å²) in [6, 6.07) is 3.75. The van der Waals surface area contributed by atoms with Crippen LogP contribution in [0.4, 0.5) is 10.5 Å². The highest BCUT2D eigenvalue weighted by atomic mass is 35.5. The van der Waals surface area contributed by atoms with Crippen LogP contribution in [-0.2, 0) is 0 Å². The molecule has 10 nitrogen and oxygen atoms in total. The van der Waals surface area contributed by atoms with E-state index in [1.807, 2.05) is 0 Å². The fourth-order valence-corrected chi connectivity index (χ4v) is 3.66. The minimum Gasteiger partial charge on any atom is -0.434 e. The Morgan fingerprint density at radius 2 is 1.90 bits per heavy atom. The zero-order chi connectivity index (χ0) is 21.6. The number of urea groups is 1. The maximum atomic E-state index is 12.2. The molecule has 12 heteroatoms. The van der Waals surface area contributed by atoms with Crippen molar-refractivity contribution in [1.29, 1.82) is 0 Å². The second kappa shape index (κ2) is 7.63. The van der Waals surface area contributed by atoms with Gasteiger partial charge in [-0.2, -0.15) is 5.01 Å². The van der Waals surface area contributed by atoms with Crippen LogP contribution in [0.2, 0.25) is 10.0 Å². The van der Waals surface area contributed by atoms with Crippen LogP contribution in [0.25, 0.3) is 0 Å². The molecule has 1 fully saturated rings. The van der Waals surface area contributed by atoms with E-state index >= 15 is 0 Å². The quantitative estimate of drug-likeness (QED) is 0.562. The van der Waals surface area contributed by atoms with Crippen LogP contribution in [-0.4, -0.2) is 33.3 Å². The Hall–Kier alpha value is -3.08. The molecule has 0 saturated heterocycles. The number of carbonyl (C=O) groups is 1. The number of H-pyrrole nitrogens is 1. The molecule has 5 N–H and O–H groups in total. The number of benzene rings is 1. The Morgan fingerprint density at radius 1 is 1.23 bits per heavy atom. The molecule has 156 valence electrons. The van der Waals surface area contributed by atoms with Gasteiger partial charge in [-0.3, -0.25) is 4.79 Å². The van der Waals surface area contributed by atoms with E-state index in [0.29, 0.717) is 18.4 Å². The number of hydrazone groups is 1. The molecule has 0 unspecified atom stereocenters. The smallest absolute Gasteiger partial charge is 0.347 e. The van der Waals surface area contributed by atoms with Crippen molar-refractivity contribution in [3.63, 3.8) is 0 Å². The van der Waals surface area contributed by atoms with E-state index in [1.165, 1.54) is 18.2 Å². The lowest BCUT2D eigenvalue weighted by atomic mass is 9.78. The second-order valence-electron chi connectivity index (χ2n) is 6.86. The number of aromatic nitrogens is 2. The summed E-state index contributed by atoms with van der Waals surface area (Å²) >= 11 is 12.6. The van der Waals surface area contributed by atoms with Gasteiger partial charge < -0.3 is 20.9 Å². The molecule has 2 amide bonds. The van der Waals surface area contributed by atoms with Crippen molar-refractivity contribution in [2.24, 2.45) is 10.8 Å². The highest BCUT2D eigenvalue weighted by molar-refractivity contribution is 6.37. The first kappa shape index (κ1) is 20.2. The zero-order valence-corrected chi connectivity index (χ0v) is 16.9. The number of ether oxygens (including phenoxy) is 1. The molecule has 1 aromatic heterocycles. The highest BCUT2D eigenvalue weighted by Gasteiger charge is 2.31. The predicted octanol–water partition coefficient (Wildman–Crippen LogP) is 2.42. The Kier molecular flexibility index (Phi) is 5.14. The van der Waals surface area contributed by atoms with Gasteiger partial charge in [-0.25, -0.2) is 9.89 Å². The minimum atomic E-state index is -0.579. The van der Waals surface area contributed by atoms with Crippen molar-refractivity contribution >= 4 is 40.8 Å². The predicted molar refractivity (Wildman–Crippen MR) is 111 cm³/mol. The number of hydrogen-bond acceptors (Lipinski definition) is 7. The maximum Gasteiger partial charge on any atom is 0.347 e. The number of nitrogens with two attached hydrogens (primary N) is 1. The molecular formula is C18H16Cl2N6O4. The van der Waals surface area contributed by atoms with Crippen LogP contribution in [0, 0.1) is 0 Å². The third kappa shape index (κ3) is 3.72. The van der Waals surface area contributed by atoms with Crippen LogP contribution >= 0.6 is 23.2 Å². The fraction of sp³-hybridized carbons (Fsp3) is 0.222. The van der Waals surface area contributed by atoms with Gasteiger partial charge in [-0.1, -0.05) is 29.8 Å². The number of anilines is 1. The average Bonchev–Trinajstić information content (AvgIpc) is 2.66. The summed E-state index contributed by atoms with van der Waals surface area (Å²) in [5.74, 6) is 0.128. The zero-order valence-electron chi connectivity index (χ0n) is 15.4. The number of aromatic amines is 1. The summed E-state index contributed by atoms with van der Waals surface area (Å²) in [6.45, 7) is 3.58. The van der Waals surface area contributed by atoms with E-state index in [9.17, 15) is 14.7 Å². The van der Waals surface area contributed by atoms with Crippen molar-refractivity contribution in [2.45, 2.75) is 24.9 Å². The van der Waals surface area contributed by atoms with Gasteiger partial charge in [0, 0.05) is 11.6 Å². The van der Waals surface area contributed by atoms with Gasteiger partial charge in [0.05, 0.1) is 27.5 Å². The Labute approximate surface area is 179 Å². The number of carbonyl (C=O) groups excluding carboxylic acids is 1. The maximum absolute atomic E-state index is 12.2. The Morgan fingerprint density at radius 3 is 2.53 bits per heavy atom. The number of nitrogens with one attached hydrogen (secondary N) is 2. The number of aliphatic hydroxyl groups is 1. The third-order valence-corrected chi connectivity index (χ3v) is 5.32. The first-order chi connectivity index (χ1) is 14.2.